The Labute approximate surface area is 183 Å². The predicted molar refractivity (Wildman–Crippen MR) is 121 cm³/mol. The first-order chi connectivity index (χ1) is 14.3. The first-order valence-corrected chi connectivity index (χ1v) is 11.1. The molecule has 0 aliphatic carbocycles. The molecule has 1 fully saturated rings. The standard InChI is InChI=1S/C22H32N4O3S/c1-22(2,3)19-15-30-21(24-19)14-26-10-8-25(9-11-26)13-20(27)23-16-6-7-17(28-4)18(12-16)29-5/h6-7,12,15H,8-11,13-14H2,1-5H3,(H,23,27). The number of carbonyl (C=O) groups is 1. The Kier molecular flexibility index (Phi) is 7.33. The van der Waals surface area contributed by atoms with Gasteiger partial charge in [0.05, 0.1) is 33.0 Å². The second-order valence-corrected chi connectivity index (χ2v) is 9.49. The third-order valence-corrected chi connectivity index (χ3v) is 6.01. The predicted octanol–water partition coefficient (Wildman–Crippen LogP) is 3.21. The maximum atomic E-state index is 12.5. The molecule has 1 aliphatic rings. The molecule has 0 atom stereocenters. The summed E-state index contributed by atoms with van der Waals surface area (Å²) in [4.78, 5) is 21.9. The maximum Gasteiger partial charge on any atom is 0.238 e. The van der Waals surface area contributed by atoms with Gasteiger partial charge in [-0.2, -0.15) is 0 Å². The van der Waals surface area contributed by atoms with Gasteiger partial charge < -0.3 is 14.8 Å². The maximum absolute atomic E-state index is 12.5. The van der Waals surface area contributed by atoms with Gasteiger partial charge in [0.25, 0.3) is 0 Å². The number of nitrogens with one attached hydrogen (secondary N) is 1. The van der Waals surface area contributed by atoms with Gasteiger partial charge in [0.15, 0.2) is 11.5 Å². The summed E-state index contributed by atoms with van der Waals surface area (Å²) in [6.07, 6.45) is 0. The molecule has 8 heteroatoms. The first kappa shape index (κ1) is 22.5. The van der Waals surface area contributed by atoms with Crippen molar-refractivity contribution in [1.29, 1.82) is 0 Å². The number of methoxy groups -OCH3 is 2. The first-order valence-electron chi connectivity index (χ1n) is 10.2. The fourth-order valence-corrected chi connectivity index (χ4v) is 4.40. The number of piperazine rings is 1. The highest BCUT2D eigenvalue weighted by Crippen LogP contribution is 2.29. The molecule has 1 aromatic heterocycles. The van der Waals surface area contributed by atoms with E-state index in [1.807, 2.05) is 6.07 Å². The van der Waals surface area contributed by atoms with Crippen LogP contribution in [0.15, 0.2) is 23.6 Å². The van der Waals surface area contributed by atoms with Crippen LogP contribution in [-0.4, -0.2) is 67.6 Å². The Morgan fingerprint density at radius 1 is 1.10 bits per heavy atom. The van der Waals surface area contributed by atoms with Gasteiger partial charge >= 0.3 is 0 Å². The second kappa shape index (κ2) is 9.76. The lowest BCUT2D eigenvalue weighted by Gasteiger charge is -2.33. The van der Waals surface area contributed by atoms with Crippen molar-refractivity contribution in [2.75, 3.05) is 52.3 Å². The van der Waals surface area contributed by atoms with Crippen molar-refractivity contribution in [1.82, 2.24) is 14.8 Å². The van der Waals surface area contributed by atoms with Crippen molar-refractivity contribution in [3.05, 3.63) is 34.3 Å². The molecule has 1 saturated heterocycles. The second-order valence-electron chi connectivity index (χ2n) is 8.55. The number of hydrogen-bond acceptors (Lipinski definition) is 7. The van der Waals surface area contributed by atoms with Crippen LogP contribution in [0, 0.1) is 0 Å². The molecular weight excluding hydrogens is 400 g/mol. The molecule has 164 valence electrons. The number of thiazole rings is 1. The molecule has 0 saturated carbocycles. The highest BCUT2D eigenvalue weighted by atomic mass is 32.1. The normalized spacial score (nSPS) is 15.8. The van der Waals surface area contributed by atoms with Crippen LogP contribution in [-0.2, 0) is 16.8 Å². The molecule has 0 bridgehead atoms. The van der Waals surface area contributed by atoms with Crippen LogP contribution < -0.4 is 14.8 Å². The smallest absolute Gasteiger partial charge is 0.238 e. The molecule has 1 aromatic carbocycles. The van der Waals surface area contributed by atoms with Crippen molar-refractivity contribution >= 4 is 22.9 Å². The molecule has 2 aromatic rings. The molecule has 1 aliphatic heterocycles. The summed E-state index contributed by atoms with van der Waals surface area (Å²) < 4.78 is 10.5. The van der Waals surface area contributed by atoms with E-state index >= 15 is 0 Å². The Bertz CT molecular complexity index is 854. The number of hydrogen-bond donors (Lipinski definition) is 1. The van der Waals surface area contributed by atoms with Crippen LogP contribution in [0.3, 0.4) is 0 Å². The van der Waals surface area contributed by atoms with Crippen LogP contribution in [0.4, 0.5) is 5.69 Å². The van der Waals surface area contributed by atoms with Crippen molar-refractivity contribution in [3.63, 3.8) is 0 Å². The number of carbonyl (C=O) groups excluding carboxylic acids is 1. The van der Waals surface area contributed by atoms with Gasteiger partial charge in [0, 0.05) is 48.7 Å². The minimum absolute atomic E-state index is 0.0228. The number of rotatable bonds is 7. The zero-order valence-corrected chi connectivity index (χ0v) is 19.3. The van der Waals surface area contributed by atoms with Gasteiger partial charge in [-0.15, -0.1) is 11.3 Å². The summed E-state index contributed by atoms with van der Waals surface area (Å²) >= 11 is 1.74. The minimum atomic E-state index is -0.0228. The molecule has 7 nitrogen and oxygen atoms in total. The number of anilines is 1. The lowest BCUT2D eigenvalue weighted by Crippen LogP contribution is -2.48. The van der Waals surface area contributed by atoms with Crippen LogP contribution >= 0.6 is 11.3 Å². The van der Waals surface area contributed by atoms with Gasteiger partial charge in [0.1, 0.15) is 5.01 Å². The fourth-order valence-electron chi connectivity index (χ4n) is 3.34. The van der Waals surface area contributed by atoms with Gasteiger partial charge in [-0.25, -0.2) is 4.98 Å². The average molecular weight is 433 g/mol. The number of amides is 1. The zero-order valence-electron chi connectivity index (χ0n) is 18.5. The molecule has 0 unspecified atom stereocenters. The highest BCUT2D eigenvalue weighted by molar-refractivity contribution is 7.09. The Balaban J connectivity index is 1.45. The lowest BCUT2D eigenvalue weighted by molar-refractivity contribution is -0.117. The van der Waals surface area contributed by atoms with Gasteiger partial charge in [0.2, 0.25) is 5.91 Å². The van der Waals surface area contributed by atoms with E-state index in [-0.39, 0.29) is 11.3 Å². The summed E-state index contributed by atoms with van der Waals surface area (Å²) in [6, 6.07) is 5.38. The van der Waals surface area contributed by atoms with E-state index in [0.717, 1.165) is 38.4 Å². The van der Waals surface area contributed by atoms with Gasteiger partial charge in [-0.1, -0.05) is 20.8 Å². The van der Waals surface area contributed by atoms with E-state index in [1.165, 1.54) is 5.01 Å². The summed E-state index contributed by atoms with van der Waals surface area (Å²) in [6.45, 7) is 11.5. The zero-order chi connectivity index (χ0) is 21.7. The minimum Gasteiger partial charge on any atom is -0.493 e. The van der Waals surface area contributed by atoms with Crippen molar-refractivity contribution in [2.24, 2.45) is 0 Å². The molecule has 2 heterocycles. The molecule has 0 radical (unpaired) electrons. The van der Waals surface area contributed by atoms with Crippen LogP contribution in [0.2, 0.25) is 0 Å². The number of aromatic nitrogens is 1. The number of benzene rings is 1. The van der Waals surface area contributed by atoms with Gasteiger partial charge in [-0.3, -0.25) is 14.6 Å². The molecule has 0 spiro atoms. The van der Waals surface area contributed by atoms with E-state index in [1.54, 1.807) is 37.7 Å². The Morgan fingerprint density at radius 2 is 1.77 bits per heavy atom. The van der Waals surface area contributed by atoms with E-state index in [2.05, 4.69) is 41.3 Å². The molecule has 3 rings (SSSR count). The molecular formula is C22H32N4O3S. The van der Waals surface area contributed by atoms with E-state index in [9.17, 15) is 4.79 Å². The Morgan fingerprint density at radius 3 is 2.37 bits per heavy atom. The SMILES string of the molecule is COc1ccc(NC(=O)CN2CCN(Cc3nc(C(C)(C)C)cs3)CC2)cc1OC. The topological polar surface area (TPSA) is 66.9 Å². The largest absolute Gasteiger partial charge is 0.493 e. The average Bonchev–Trinajstić information content (AvgIpc) is 3.18. The van der Waals surface area contributed by atoms with Crippen molar-refractivity contribution < 1.29 is 14.3 Å². The van der Waals surface area contributed by atoms with E-state index in [4.69, 9.17) is 14.5 Å². The fraction of sp³-hybridized carbons (Fsp3) is 0.545. The monoisotopic (exact) mass is 432 g/mol. The number of ether oxygens (including phenoxy) is 2. The quantitative estimate of drug-likeness (QED) is 0.725. The molecule has 30 heavy (non-hydrogen) atoms. The van der Waals surface area contributed by atoms with Crippen molar-refractivity contribution in [2.45, 2.75) is 32.7 Å². The van der Waals surface area contributed by atoms with Crippen LogP contribution in [0.25, 0.3) is 0 Å². The van der Waals surface area contributed by atoms with Crippen LogP contribution in [0.1, 0.15) is 31.5 Å². The van der Waals surface area contributed by atoms with Crippen LogP contribution in [0.5, 0.6) is 11.5 Å². The van der Waals surface area contributed by atoms with Gasteiger partial charge in [-0.05, 0) is 12.1 Å². The third-order valence-electron chi connectivity index (χ3n) is 5.18. The summed E-state index contributed by atoms with van der Waals surface area (Å²) in [5.41, 5.74) is 1.96. The lowest BCUT2D eigenvalue weighted by atomic mass is 9.93. The van der Waals surface area contributed by atoms with E-state index < -0.39 is 0 Å². The molecule has 1 N–H and O–H groups in total. The summed E-state index contributed by atoms with van der Waals surface area (Å²) in [5.74, 6) is 1.22. The van der Waals surface area contributed by atoms with Crippen molar-refractivity contribution in [3.8, 4) is 11.5 Å². The van der Waals surface area contributed by atoms with E-state index in [0.29, 0.717) is 23.7 Å². The Hall–Kier alpha value is -2.16. The highest BCUT2D eigenvalue weighted by Gasteiger charge is 2.22. The summed E-state index contributed by atoms with van der Waals surface area (Å²) in [5, 5.41) is 6.28. The molecule has 1 amide bonds. The number of nitrogens with zero attached hydrogens (tertiary/aromatic N) is 3. The summed E-state index contributed by atoms with van der Waals surface area (Å²) in [7, 11) is 3.17. The third kappa shape index (κ3) is 5.93.